The number of benzene rings is 2. The smallest absolute Gasteiger partial charge is 0.224 e. The zero-order chi connectivity index (χ0) is 14.5. The third-order valence-electron chi connectivity index (χ3n) is 3.49. The van der Waals surface area contributed by atoms with Crippen molar-refractivity contribution in [3.8, 4) is 0 Å². The van der Waals surface area contributed by atoms with Crippen molar-refractivity contribution in [2.75, 3.05) is 6.54 Å². The van der Waals surface area contributed by atoms with Crippen molar-refractivity contribution in [3.05, 3.63) is 72.0 Å². The van der Waals surface area contributed by atoms with E-state index in [0.29, 0.717) is 13.0 Å². The molecule has 0 fully saturated rings. The Morgan fingerprint density at radius 3 is 2.62 bits per heavy atom. The molecule has 1 amide bonds. The van der Waals surface area contributed by atoms with Gasteiger partial charge in [0.05, 0.1) is 12.7 Å². The van der Waals surface area contributed by atoms with E-state index in [-0.39, 0.29) is 5.91 Å². The minimum Gasteiger partial charge on any atom is -0.464 e. The minimum absolute atomic E-state index is 0.0254. The molecular weight excluding hydrogens is 262 g/mol. The lowest BCUT2D eigenvalue weighted by Crippen LogP contribution is -2.27. The van der Waals surface area contributed by atoms with Gasteiger partial charge in [0, 0.05) is 17.5 Å². The number of hydrogen-bond acceptors (Lipinski definition) is 2. The Morgan fingerprint density at radius 1 is 1.00 bits per heavy atom. The third-order valence-corrected chi connectivity index (χ3v) is 3.49. The molecule has 0 saturated heterocycles. The van der Waals surface area contributed by atoms with Crippen molar-refractivity contribution in [3.63, 3.8) is 0 Å². The van der Waals surface area contributed by atoms with E-state index >= 15 is 0 Å². The highest BCUT2D eigenvalue weighted by Crippen LogP contribution is 2.20. The highest BCUT2D eigenvalue weighted by Gasteiger charge is 2.09. The molecule has 0 bridgehead atoms. The van der Waals surface area contributed by atoms with Crippen molar-refractivity contribution in [2.45, 2.75) is 12.8 Å². The molecule has 3 rings (SSSR count). The molecule has 1 N–H and O–H groups in total. The SMILES string of the molecule is O=C(Cc1coc2ccccc12)NCCc1ccccc1. The summed E-state index contributed by atoms with van der Waals surface area (Å²) in [4.78, 5) is 12.0. The van der Waals surface area contributed by atoms with Gasteiger partial charge in [0.1, 0.15) is 5.58 Å². The van der Waals surface area contributed by atoms with Crippen LogP contribution >= 0.6 is 0 Å². The molecule has 1 heterocycles. The Morgan fingerprint density at radius 2 is 1.76 bits per heavy atom. The van der Waals surface area contributed by atoms with Crippen LogP contribution in [0.1, 0.15) is 11.1 Å². The summed E-state index contributed by atoms with van der Waals surface area (Å²) in [5.74, 6) is 0.0254. The lowest BCUT2D eigenvalue weighted by Gasteiger charge is -2.04. The fraction of sp³-hybridized carbons (Fsp3) is 0.167. The second-order valence-electron chi connectivity index (χ2n) is 5.02. The van der Waals surface area contributed by atoms with Gasteiger partial charge in [0.15, 0.2) is 0 Å². The normalized spacial score (nSPS) is 10.7. The zero-order valence-electron chi connectivity index (χ0n) is 11.7. The first-order chi connectivity index (χ1) is 10.3. The summed E-state index contributed by atoms with van der Waals surface area (Å²) in [7, 11) is 0. The van der Waals surface area contributed by atoms with Crippen LogP contribution in [0.25, 0.3) is 11.0 Å². The van der Waals surface area contributed by atoms with Gasteiger partial charge in [0.25, 0.3) is 0 Å². The largest absolute Gasteiger partial charge is 0.464 e. The molecule has 0 aliphatic carbocycles. The standard InChI is InChI=1S/C18H17NO2/c20-18(19-11-10-14-6-2-1-3-7-14)12-15-13-21-17-9-5-4-8-16(15)17/h1-9,13H,10-12H2,(H,19,20). The van der Waals surface area contributed by atoms with Crippen LogP contribution < -0.4 is 5.32 Å². The fourth-order valence-electron chi connectivity index (χ4n) is 2.40. The molecule has 0 atom stereocenters. The molecule has 3 nitrogen and oxygen atoms in total. The number of fused-ring (bicyclic) bond motifs is 1. The van der Waals surface area contributed by atoms with E-state index in [2.05, 4.69) is 17.4 Å². The van der Waals surface area contributed by atoms with E-state index in [9.17, 15) is 4.79 Å². The van der Waals surface area contributed by atoms with Crippen LogP contribution in [-0.4, -0.2) is 12.5 Å². The number of amides is 1. The van der Waals surface area contributed by atoms with Crippen molar-refractivity contribution in [2.24, 2.45) is 0 Å². The van der Waals surface area contributed by atoms with Crippen molar-refractivity contribution in [1.29, 1.82) is 0 Å². The van der Waals surface area contributed by atoms with Gasteiger partial charge in [-0.1, -0.05) is 48.5 Å². The monoisotopic (exact) mass is 279 g/mol. The van der Waals surface area contributed by atoms with Gasteiger partial charge in [-0.25, -0.2) is 0 Å². The van der Waals surface area contributed by atoms with E-state index in [1.807, 2.05) is 42.5 Å². The van der Waals surface area contributed by atoms with Gasteiger partial charge in [-0.15, -0.1) is 0 Å². The number of hydrogen-bond donors (Lipinski definition) is 1. The molecule has 0 saturated carbocycles. The van der Waals surface area contributed by atoms with Crippen LogP contribution in [0.4, 0.5) is 0 Å². The highest BCUT2D eigenvalue weighted by atomic mass is 16.3. The zero-order valence-corrected chi connectivity index (χ0v) is 11.7. The number of furan rings is 1. The van der Waals surface area contributed by atoms with Crippen molar-refractivity contribution in [1.82, 2.24) is 5.32 Å². The number of carbonyl (C=O) groups is 1. The number of para-hydroxylation sites is 1. The fourth-order valence-corrected chi connectivity index (χ4v) is 2.40. The summed E-state index contributed by atoms with van der Waals surface area (Å²) >= 11 is 0. The summed E-state index contributed by atoms with van der Waals surface area (Å²) in [6.45, 7) is 0.651. The Kier molecular flexibility index (Phi) is 4.01. The maximum absolute atomic E-state index is 12.0. The van der Waals surface area contributed by atoms with Crippen molar-refractivity contribution < 1.29 is 9.21 Å². The lowest BCUT2D eigenvalue weighted by atomic mass is 10.1. The topological polar surface area (TPSA) is 42.2 Å². The van der Waals surface area contributed by atoms with Gasteiger partial charge in [-0.05, 0) is 18.1 Å². The first kappa shape index (κ1) is 13.4. The van der Waals surface area contributed by atoms with E-state index in [1.165, 1.54) is 5.56 Å². The van der Waals surface area contributed by atoms with Crippen molar-refractivity contribution >= 4 is 16.9 Å². The van der Waals surface area contributed by atoms with E-state index in [1.54, 1.807) is 6.26 Å². The van der Waals surface area contributed by atoms with Gasteiger partial charge in [0.2, 0.25) is 5.91 Å². The maximum Gasteiger partial charge on any atom is 0.224 e. The first-order valence-electron chi connectivity index (χ1n) is 7.08. The second kappa shape index (κ2) is 6.27. The summed E-state index contributed by atoms with van der Waals surface area (Å²) in [6, 6.07) is 17.9. The maximum atomic E-state index is 12.0. The quantitative estimate of drug-likeness (QED) is 0.778. The Labute approximate surface area is 123 Å². The van der Waals surface area contributed by atoms with Gasteiger partial charge < -0.3 is 9.73 Å². The van der Waals surface area contributed by atoms with E-state index < -0.39 is 0 Å². The molecule has 0 aliphatic heterocycles. The van der Waals surface area contributed by atoms with Gasteiger partial charge in [-0.3, -0.25) is 4.79 Å². The Bertz CT molecular complexity index is 731. The lowest BCUT2D eigenvalue weighted by molar-refractivity contribution is -0.120. The summed E-state index contributed by atoms with van der Waals surface area (Å²) in [5.41, 5.74) is 2.99. The van der Waals surface area contributed by atoms with Crippen LogP contribution in [0.15, 0.2) is 65.3 Å². The van der Waals surface area contributed by atoms with Gasteiger partial charge in [-0.2, -0.15) is 0 Å². The molecule has 3 heteroatoms. The molecule has 3 aromatic rings. The molecule has 2 aromatic carbocycles. The van der Waals surface area contributed by atoms with Crippen LogP contribution in [-0.2, 0) is 17.6 Å². The average molecular weight is 279 g/mol. The highest BCUT2D eigenvalue weighted by molar-refractivity contribution is 5.87. The molecule has 106 valence electrons. The molecule has 21 heavy (non-hydrogen) atoms. The van der Waals surface area contributed by atoms with E-state index in [4.69, 9.17) is 4.42 Å². The first-order valence-corrected chi connectivity index (χ1v) is 7.08. The third kappa shape index (κ3) is 3.31. The molecule has 1 aromatic heterocycles. The average Bonchev–Trinajstić information content (AvgIpc) is 2.92. The summed E-state index contributed by atoms with van der Waals surface area (Å²) < 4.78 is 5.44. The Balaban J connectivity index is 1.55. The van der Waals surface area contributed by atoms with Crippen LogP contribution in [0.3, 0.4) is 0 Å². The molecule has 0 spiro atoms. The van der Waals surface area contributed by atoms with Crippen LogP contribution in [0.5, 0.6) is 0 Å². The number of rotatable bonds is 5. The number of carbonyl (C=O) groups excluding carboxylic acids is 1. The van der Waals surface area contributed by atoms with Gasteiger partial charge >= 0.3 is 0 Å². The predicted molar refractivity (Wildman–Crippen MR) is 83.1 cm³/mol. The molecular formula is C18H17NO2. The molecule has 0 unspecified atom stereocenters. The molecule has 0 aliphatic rings. The Hall–Kier alpha value is -2.55. The molecule has 0 radical (unpaired) electrons. The predicted octanol–water partition coefficient (Wildman–Crippen LogP) is 3.33. The van der Waals surface area contributed by atoms with Crippen LogP contribution in [0.2, 0.25) is 0 Å². The minimum atomic E-state index is 0.0254. The number of nitrogens with one attached hydrogen (secondary N) is 1. The second-order valence-corrected chi connectivity index (χ2v) is 5.02. The summed E-state index contributed by atoms with van der Waals surface area (Å²) in [5, 5.41) is 3.96. The summed E-state index contributed by atoms with van der Waals surface area (Å²) in [6.07, 6.45) is 2.87. The van der Waals surface area contributed by atoms with E-state index in [0.717, 1.165) is 23.0 Å². The van der Waals surface area contributed by atoms with Crippen LogP contribution in [0, 0.1) is 0 Å².